The van der Waals surface area contributed by atoms with Crippen molar-refractivity contribution in [1.29, 1.82) is 0 Å². The zero-order chi connectivity index (χ0) is 37.3. The Morgan fingerprint density at radius 3 is 2.66 bits per heavy atom. The van der Waals surface area contributed by atoms with Crippen LogP contribution in [0.5, 0.6) is 5.88 Å². The van der Waals surface area contributed by atoms with Crippen molar-refractivity contribution in [3.05, 3.63) is 105 Å². The van der Waals surface area contributed by atoms with E-state index in [0.717, 1.165) is 60.1 Å². The van der Waals surface area contributed by atoms with Crippen molar-refractivity contribution in [2.75, 3.05) is 26.8 Å². The molecule has 278 valence electrons. The largest absolute Gasteiger partial charge is 0.469 e. The number of rotatable bonds is 13. The van der Waals surface area contributed by atoms with Crippen LogP contribution in [0.3, 0.4) is 0 Å². The molecule has 2 amide bonds. The first-order valence-corrected chi connectivity index (χ1v) is 18.3. The number of piperazine rings is 1. The van der Waals surface area contributed by atoms with Gasteiger partial charge in [-0.3, -0.25) is 14.9 Å². The number of hydrogen-bond acceptors (Lipinski definition) is 8. The van der Waals surface area contributed by atoms with Gasteiger partial charge in [0.1, 0.15) is 22.9 Å². The molecule has 0 spiro atoms. The fraction of sp³-hybridized carbons (Fsp3) is 0.385. The van der Waals surface area contributed by atoms with E-state index < -0.39 is 17.2 Å². The number of nitrogens with one attached hydrogen (secondary N) is 1. The van der Waals surface area contributed by atoms with Gasteiger partial charge in [0.15, 0.2) is 12.4 Å². The lowest BCUT2D eigenvalue weighted by molar-refractivity contribution is -0.145. The Morgan fingerprint density at radius 2 is 1.92 bits per heavy atom. The summed E-state index contributed by atoms with van der Waals surface area (Å²) in [6.45, 7) is 3.17. The van der Waals surface area contributed by atoms with Crippen LogP contribution in [0, 0.1) is 11.6 Å². The maximum Gasteiger partial charge on any atom is 0.245 e. The van der Waals surface area contributed by atoms with Crippen LogP contribution in [-0.4, -0.2) is 76.2 Å². The van der Waals surface area contributed by atoms with Gasteiger partial charge < -0.3 is 23.8 Å². The van der Waals surface area contributed by atoms with Gasteiger partial charge in [-0.25, -0.2) is 13.8 Å². The third kappa shape index (κ3) is 8.11. The SMILES string of the molecule is COCCCc1ccc(Cl)c(CN(C(=O)[C@@]23CC(c4ccc(OCc5cc(-c6c(F)ccc(F)c6Cl)no5)nc4)=C[C@H](CN(C(C)=O)C2)N3)C2CC2)c1. The number of pyridine rings is 1. The number of ether oxygens (including phenoxy) is 2. The fourth-order valence-electron chi connectivity index (χ4n) is 7.14. The molecule has 7 rings (SSSR count). The summed E-state index contributed by atoms with van der Waals surface area (Å²) in [5.74, 6) is -1.08. The highest BCUT2D eigenvalue weighted by Gasteiger charge is 2.52. The molecule has 4 heterocycles. The number of hydrogen-bond donors (Lipinski definition) is 1. The Morgan fingerprint density at radius 1 is 1.11 bits per heavy atom. The van der Waals surface area contributed by atoms with Crippen molar-refractivity contribution in [3.8, 4) is 17.1 Å². The first kappa shape index (κ1) is 37.0. The minimum absolute atomic E-state index is 0.0407. The van der Waals surface area contributed by atoms with Gasteiger partial charge >= 0.3 is 0 Å². The van der Waals surface area contributed by atoms with Crippen molar-refractivity contribution < 1.29 is 32.4 Å². The maximum atomic E-state index is 14.8. The molecule has 0 radical (unpaired) electrons. The van der Waals surface area contributed by atoms with Crippen molar-refractivity contribution >= 4 is 40.6 Å². The van der Waals surface area contributed by atoms with Gasteiger partial charge in [-0.2, -0.15) is 0 Å². The van der Waals surface area contributed by atoms with Gasteiger partial charge in [0, 0.05) is 82.1 Å². The number of carbonyl (C=O) groups excluding carboxylic acids is 2. The number of aryl methyl sites for hydroxylation is 1. The van der Waals surface area contributed by atoms with Crippen LogP contribution in [0.4, 0.5) is 8.78 Å². The molecular formula is C39H39Cl2F2N5O5. The number of nitrogens with zero attached hydrogens (tertiary/aromatic N) is 4. The molecule has 2 bridgehead atoms. The van der Waals surface area contributed by atoms with E-state index in [-0.39, 0.29) is 59.1 Å². The first-order chi connectivity index (χ1) is 25.5. The topological polar surface area (TPSA) is 110 Å². The molecule has 2 aliphatic heterocycles. The van der Waals surface area contributed by atoms with Gasteiger partial charge in [0.05, 0.1) is 10.6 Å². The van der Waals surface area contributed by atoms with E-state index in [0.29, 0.717) is 37.0 Å². The molecule has 1 saturated carbocycles. The van der Waals surface area contributed by atoms with E-state index in [1.807, 2.05) is 23.1 Å². The minimum Gasteiger partial charge on any atom is -0.469 e. The lowest BCUT2D eigenvalue weighted by atomic mass is 9.79. The number of benzene rings is 2. The third-order valence-electron chi connectivity index (χ3n) is 9.93. The summed E-state index contributed by atoms with van der Waals surface area (Å²) in [5, 5.41) is 7.66. The summed E-state index contributed by atoms with van der Waals surface area (Å²) >= 11 is 12.7. The van der Waals surface area contributed by atoms with E-state index in [9.17, 15) is 18.4 Å². The summed E-state index contributed by atoms with van der Waals surface area (Å²) in [5.41, 5.74) is 2.59. The lowest BCUT2D eigenvalue weighted by Gasteiger charge is -2.50. The van der Waals surface area contributed by atoms with Crippen molar-refractivity contribution in [1.82, 2.24) is 25.3 Å². The molecule has 2 aromatic heterocycles. The zero-order valence-electron chi connectivity index (χ0n) is 29.3. The van der Waals surface area contributed by atoms with E-state index in [1.165, 1.54) is 13.0 Å². The summed E-state index contributed by atoms with van der Waals surface area (Å²) in [6.07, 6.45) is 7.64. The van der Waals surface area contributed by atoms with Crippen LogP contribution in [-0.2, 0) is 33.9 Å². The predicted molar refractivity (Wildman–Crippen MR) is 195 cm³/mol. The Bertz CT molecular complexity index is 2040. The highest BCUT2D eigenvalue weighted by atomic mass is 35.5. The Labute approximate surface area is 316 Å². The molecule has 0 unspecified atom stereocenters. The molecule has 2 fully saturated rings. The van der Waals surface area contributed by atoms with Gasteiger partial charge in [-0.1, -0.05) is 46.6 Å². The average Bonchev–Trinajstić information content (AvgIpc) is 3.89. The van der Waals surface area contributed by atoms with E-state index in [4.69, 9.17) is 37.2 Å². The number of fused-ring (bicyclic) bond motifs is 2. The van der Waals surface area contributed by atoms with Gasteiger partial charge in [-0.15, -0.1) is 0 Å². The molecule has 4 aromatic rings. The Hall–Kier alpha value is -4.36. The average molecular weight is 767 g/mol. The summed E-state index contributed by atoms with van der Waals surface area (Å²) in [4.78, 5) is 35.7. The molecule has 2 atom stereocenters. The van der Waals surface area contributed by atoms with E-state index >= 15 is 0 Å². The van der Waals surface area contributed by atoms with Crippen LogP contribution < -0.4 is 10.1 Å². The summed E-state index contributed by atoms with van der Waals surface area (Å²) in [7, 11) is 1.69. The van der Waals surface area contributed by atoms with E-state index in [2.05, 4.69) is 27.6 Å². The van der Waals surface area contributed by atoms with Crippen LogP contribution in [0.15, 0.2) is 65.3 Å². The molecule has 14 heteroatoms. The van der Waals surface area contributed by atoms with Crippen LogP contribution in [0.1, 0.15) is 55.1 Å². The number of methoxy groups -OCH3 is 1. The zero-order valence-corrected chi connectivity index (χ0v) is 30.9. The molecule has 2 aromatic carbocycles. The van der Waals surface area contributed by atoms with Crippen molar-refractivity contribution in [2.45, 2.75) is 69.8 Å². The van der Waals surface area contributed by atoms with Crippen LogP contribution >= 0.6 is 23.2 Å². The predicted octanol–water partition coefficient (Wildman–Crippen LogP) is 7.02. The van der Waals surface area contributed by atoms with E-state index in [1.54, 1.807) is 24.3 Å². The standard InChI is InChI=1S/C39H39Cl2F2N5O5/c1-23(49)47-20-28-15-26(25-6-12-35(44-18-25)52-21-30-16-34(46-53-30)36-32(42)10-11-33(43)37(36)41)17-39(22-47,45-28)38(50)48(29-7-8-29)19-27-14-24(4-3-13-51-2)5-9-31(27)40/h5-6,9-12,14-16,18,28-29,45H,3-4,7-8,13,17,19-22H2,1-2H3/t28-,39-/m1/s1. The molecule has 53 heavy (non-hydrogen) atoms. The second-order valence-electron chi connectivity index (χ2n) is 13.9. The highest BCUT2D eigenvalue weighted by Crippen LogP contribution is 2.39. The molecule has 10 nitrogen and oxygen atoms in total. The Kier molecular flexibility index (Phi) is 10.8. The second kappa shape index (κ2) is 15.5. The summed E-state index contributed by atoms with van der Waals surface area (Å²) in [6, 6.07) is 12.8. The van der Waals surface area contributed by atoms with Crippen molar-refractivity contribution in [3.63, 3.8) is 0 Å². The van der Waals surface area contributed by atoms with Gasteiger partial charge in [0.2, 0.25) is 17.7 Å². The summed E-state index contributed by atoms with van der Waals surface area (Å²) < 4.78 is 44.6. The maximum absolute atomic E-state index is 14.8. The number of aromatic nitrogens is 2. The minimum atomic E-state index is -1.05. The number of carbonyl (C=O) groups is 2. The third-order valence-corrected chi connectivity index (χ3v) is 10.7. The van der Waals surface area contributed by atoms with Gasteiger partial charge in [0.25, 0.3) is 0 Å². The quantitative estimate of drug-likeness (QED) is 0.114. The van der Waals surface area contributed by atoms with Gasteiger partial charge in [-0.05, 0) is 72.2 Å². The van der Waals surface area contributed by atoms with Crippen LogP contribution in [0.2, 0.25) is 10.0 Å². The Balaban J connectivity index is 1.08. The van der Waals surface area contributed by atoms with Crippen molar-refractivity contribution in [2.24, 2.45) is 0 Å². The molecule has 1 N–H and O–H groups in total. The fourth-order valence-corrected chi connectivity index (χ4v) is 7.57. The number of amides is 2. The second-order valence-corrected chi connectivity index (χ2v) is 14.6. The highest BCUT2D eigenvalue weighted by molar-refractivity contribution is 6.33. The normalized spacial score (nSPS) is 19.5. The molecule has 1 aliphatic carbocycles. The van der Waals surface area contributed by atoms with Crippen LogP contribution in [0.25, 0.3) is 16.8 Å². The monoisotopic (exact) mass is 765 g/mol. The molecule has 1 saturated heterocycles. The number of halogens is 4. The molecular weight excluding hydrogens is 727 g/mol. The smallest absolute Gasteiger partial charge is 0.245 e. The molecule has 3 aliphatic rings. The first-order valence-electron chi connectivity index (χ1n) is 17.5. The lowest BCUT2D eigenvalue weighted by Crippen LogP contribution is -2.72.